The van der Waals surface area contributed by atoms with Crippen molar-refractivity contribution in [2.75, 3.05) is 13.1 Å². The lowest BCUT2D eigenvalue weighted by molar-refractivity contribution is 0.0972. The van der Waals surface area contributed by atoms with Gasteiger partial charge in [-0.1, -0.05) is 18.2 Å². The fourth-order valence-electron chi connectivity index (χ4n) is 3.24. The van der Waals surface area contributed by atoms with E-state index in [0.29, 0.717) is 17.3 Å². The number of primary amides is 1. The van der Waals surface area contributed by atoms with Gasteiger partial charge in [0.25, 0.3) is 5.91 Å². The van der Waals surface area contributed by atoms with Gasteiger partial charge in [-0.2, -0.15) is 0 Å². The first kappa shape index (κ1) is 19.9. The number of ether oxygens (including phenoxy) is 1. The molecule has 1 aliphatic heterocycles. The van der Waals surface area contributed by atoms with E-state index in [1.54, 1.807) is 0 Å². The van der Waals surface area contributed by atoms with E-state index in [1.807, 2.05) is 54.6 Å². The quantitative estimate of drug-likeness (QED) is 0.673. The summed E-state index contributed by atoms with van der Waals surface area (Å²) in [6.07, 6.45) is 2.04. The topological polar surface area (TPSA) is 90.4 Å². The van der Waals surface area contributed by atoms with Crippen LogP contribution in [0, 0.1) is 0 Å². The second kappa shape index (κ2) is 8.91. The number of nitrogens with two attached hydrogens (primary N) is 1. The van der Waals surface area contributed by atoms with Gasteiger partial charge in [-0.25, -0.2) is 4.98 Å². The van der Waals surface area contributed by atoms with Crippen LogP contribution in [0.5, 0.6) is 11.5 Å². The van der Waals surface area contributed by atoms with Crippen LogP contribution in [0.15, 0.2) is 59.0 Å². The van der Waals surface area contributed by atoms with E-state index in [4.69, 9.17) is 14.9 Å². The zero-order chi connectivity index (χ0) is 18.6. The van der Waals surface area contributed by atoms with Crippen molar-refractivity contribution >= 4 is 18.3 Å². The molecule has 2 heterocycles. The lowest BCUT2D eigenvalue weighted by Crippen LogP contribution is -2.28. The Labute approximate surface area is 169 Å². The molecule has 0 saturated carbocycles. The molecule has 0 bridgehead atoms. The van der Waals surface area contributed by atoms with Gasteiger partial charge in [-0.05, 0) is 55.8 Å². The van der Waals surface area contributed by atoms with Gasteiger partial charge >= 0.3 is 0 Å². The number of carbonyl (C=O) groups excluding carboxylic acids is 1. The van der Waals surface area contributed by atoms with Gasteiger partial charge in [0.15, 0.2) is 5.89 Å². The maximum Gasteiger partial charge on any atom is 0.286 e. The number of nitrogens with zero attached hydrogens (tertiary/aromatic N) is 1. The van der Waals surface area contributed by atoms with E-state index in [9.17, 15) is 4.79 Å². The largest absolute Gasteiger partial charge is 0.457 e. The number of para-hydroxylation sites is 1. The highest BCUT2D eigenvalue weighted by atomic mass is 35.5. The van der Waals surface area contributed by atoms with Crippen molar-refractivity contribution in [1.29, 1.82) is 0 Å². The smallest absolute Gasteiger partial charge is 0.286 e. The minimum atomic E-state index is -0.614. The van der Waals surface area contributed by atoms with Crippen molar-refractivity contribution in [1.82, 2.24) is 10.3 Å². The Morgan fingerprint density at radius 3 is 2.46 bits per heavy atom. The average Bonchev–Trinajstić information content (AvgIpc) is 3.16. The zero-order valence-corrected chi connectivity index (χ0v) is 16.1. The molecule has 1 unspecified atom stereocenters. The third-order valence-corrected chi connectivity index (χ3v) is 4.62. The summed E-state index contributed by atoms with van der Waals surface area (Å²) in [7, 11) is 0. The van der Waals surface area contributed by atoms with Gasteiger partial charge in [0.2, 0.25) is 5.76 Å². The molecule has 28 heavy (non-hydrogen) atoms. The fraction of sp³-hybridized carbons (Fsp3) is 0.238. The number of rotatable bonds is 5. The van der Waals surface area contributed by atoms with Crippen LogP contribution in [0.2, 0.25) is 0 Å². The number of carbonyl (C=O) groups is 1. The van der Waals surface area contributed by atoms with Gasteiger partial charge < -0.3 is 20.2 Å². The van der Waals surface area contributed by atoms with Crippen LogP contribution >= 0.6 is 12.4 Å². The van der Waals surface area contributed by atoms with Gasteiger partial charge in [-0.15, -0.1) is 12.4 Å². The molecule has 2 aromatic carbocycles. The zero-order valence-electron chi connectivity index (χ0n) is 15.3. The lowest BCUT2D eigenvalue weighted by Gasteiger charge is -2.19. The Hall–Kier alpha value is -2.83. The number of oxazole rings is 1. The van der Waals surface area contributed by atoms with E-state index in [2.05, 4.69) is 10.3 Å². The summed E-state index contributed by atoms with van der Waals surface area (Å²) in [5.74, 6) is 1.67. The second-order valence-electron chi connectivity index (χ2n) is 6.58. The highest BCUT2D eigenvalue weighted by Crippen LogP contribution is 2.31. The number of hydrogen-bond acceptors (Lipinski definition) is 5. The van der Waals surface area contributed by atoms with Crippen LogP contribution in [0.3, 0.4) is 0 Å². The molecule has 3 aromatic rings. The first-order chi connectivity index (χ1) is 13.2. The Morgan fingerprint density at radius 2 is 1.82 bits per heavy atom. The van der Waals surface area contributed by atoms with Crippen LogP contribution in [-0.4, -0.2) is 24.0 Å². The highest BCUT2D eigenvalue weighted by molar-refractivity contribution is 5.96. The molecule has 1 saturated heterocycles. The Balaban J connectivity index is 0.00000225. The summed E-state index contributed by atoms with van der Waals surface area (Å²) in [4.78, 5) is 16.4. The summed E-state index contributed by atoms with van der Waals surface area (Å²) in [6, 6.07) is 16.9. The third kappa shape index (κ3) is 4.35. The summed E-state index contributed by atoms with van der Waals surface area (Å²) in [5, 5.41) is 3.33. The predicted molar refractivity (Wildman–Crippen MR) is 109 cm³/mol. The molecular weight excluding hydrogens is 378 g/mol. The van der Waals surface area contributed by atoms with Crippen LogP contribution in [0.1, 0.15) is 35.2 Å². The number of piperidine rings is 1. The number of nitrogens with one attached hydrogen (secondary N) is 1. The van der Waals surface area contributed by atoms with E-state index < -0.39 is 5.91 Å². The highest BCUT2D eigenvalue weighted by Gasteiger charge is 2.25. The van der Waals surface area contributed by atoms with E-state index in [-0.39, 0.29) is 24.1 Å². The third-order valence-electron chi connectivity index (χ3n) is 4.62. The molecule has 3 N–H and O–H groups in total. The minimum absolute atomic E-state index is 0. The predicted octanol–water partition coefficient (Wildman–Crippen LogP) is 4.12. The maximum absolute atomic E-state index is 11.8. The van der Waals surface area contributed by atoms with Crippen molar-refractivity contribution in [3.63, 3.8) is 0 Å². The van der Waals surface area contributed by atoms with Crippen molar-refractivity contribution in [3.05, 3.63) is 66.2 Å². The second-order valence-corrected chi connectivity index (χ2v) is 6.58. The first-order valence-electron chi connectivity index (χ1n) is 9.05. The van der Waals surface area contributed by atoms with Crippen LogP contribution in [0.25, 0.3) is 11.3 Å². The molecule has 4 rings (SSSR count). The Kier molecular flexibility index (Phi) is 6.34. The molecule has 1 fully saturated rings. The standard InChI is InChI=1S/C21H21N3O3.ClH/c22-20(25)19-18(24-21(27-19)15-5-4-12-23-13-15)14-8-10-17(11-9-14)26-16-6-2-1-3-7-16;/h1-3,6-11,15,23H,4-5,12-13H2,(H2,22,25);1H. The van der Waals surface area contributed by atoms with Gasteiger partial charge in [-0.3, -0.25) is 4.79 Å². The molecule has 6 nitrogen and oxygen atoms in total. The SMILES string of the molecule is Cl.NC(=O)c1oc(C2CCCNC2)nc1-c1ccc(Oc2ccccc2)cc1. The van der Waals surface area contributed by atoms with E-state index in [1.165, 1.54) is 0 Å². The lowest BCUT2D eigenvalue weighted by atomic mass is 10.00. The molecule has 7 heteroatoms. The van der Waals surface area contributed by atoms with Crippen molar-refractivity contribution < 1.29 is 13.9 Å². The molecule has 0 aliphatic carbocycles. The van der Waals surface area contributed by atoms with Crippen LogP contribution < -0.4 is 15.8 Å². The van der Waals surface area contributed by atoms with Gasteiger partial charge in [0, 0.05) is 18.0 Å². The average molecular weight is 400 g/mol. The summed E-state index contributed by atoms with van der Waals surface area (Å²) in [6.45, 7) is 1.79. The molecule has 146 valence electrons. The summed E-state index contributed by atoms with van der Waals surface area (Å²) >= 11 is 0. The van der Waals surface area contributed by atoms with Crippen molar-refractivity contribution in [2.45, 2.75) is 18.8 Å². The Morgan fingerprint density at radius 1 is 1.11 bits per heavy atom. The molecular formula is C21H22ClN3O3. The van der Waals surface area contributed by atoms with Gasteiger partial charge in [0.05, 0.1) is 0 Å². The minimum Gasteiger partial charge on any atom is -0.457 e. The number of aromatic nitrogens is 1. The normalized spacial score (nSPS) is 16.2. The number of halogens is 1. The van der Waals surface area contributed by atoms with Crippen LogP contribution in [-0.2, 0) is 0 Å². The number of hydrogen-bond donors (Lipinski definition) is 2. The first-order valence-corrected chi connectivity index (χ1v) is 9.05. The van der Waals surface area contributed by atoms with Crippen LogP contribution in [0.4, 0.5) is 0 Å². The maximum atomic E-state index is 11.8. The molecule has 0 radical (unpaired) electrons. The molecule has 1 amide bonds. The van der Waals surface area contributed by atoms with E-state index in [0.717, 1.165) is 37.2 Å². The molecule has 1 aromatic heterocycles. The number of benzene rings is 2. The summed E-state index contributed by atoms with van der Waals surface area (Å²) in [5.41, 5.74) is 6.76. The fourth-order valence-corrected chi connectivity index (χ4v) is 3.24. The monoisotopic (exact) mass is 399 g/mol. The van der Waals surface area contributed by atoms with E-state index >= 15 is 0 Å². The molecule has 1 atom stereocenters. The van der Waals surface area contributed by atoms with Crippen molar-refractivity contribution in [3.8, 4) is 22.8 Å². The molecule has 0 spiro atoms. The van der Waals surface area contributed by atoms with Gasteiger partial charge in [0.1, 0.15) is 17.2 Å². The Bertz CT molecular complexity index is 920. The molecule has 1 aliphatic rings. The summed E-state index contributed by atoms with van der Waals surface area (Å²) < 4.78 is 11.5. The van der Waals surface area contributed by atoms with Crippen molar-refractivity contribution in [2.24, 2.45) is 5.73 Å². The number of amides is 1.